The van der Waals surface area contributed by atoms with Crippen LogP contribution in [0.1, 0.15) is 28.0 Å². The van der Waals surface area contributed by atoms with Gasteiger partial charge in [-0.25, -0.2) is 4.68 Å². The maximum absolute atomic E-state index is 13.8. The molecule has 8 heteroatoms. The van der Waals surface area contributed by atoms with Crippen molar-refractivity contribution in [2.24, 2.45) is 0 Å². The molecule has 1 aliphatic heterocycles. The lowest BCUT2D eigenvalue weighted by Gasteiger charge is -2.26. The third-order valence-electron chi connectivity index (χ3n) is 6.35. The normalized spacial score (nSPS) is 13.4. The largest absolute Gasteiger partial charge is 0.481 e. The molecule has 0 radical (unpaired) electrons. The number of carboxylic acid groups (broad SMARTS) is 1. The topological polar surface area (TPSA) is 75.4 Å². The molecule has 0 fully saturated rings. The first kappa shape index (κ1) is 24.8. The van der Waals surface area contributed by atoms with Gasteiger partial charge in [-0.1, -0.05) is 83.9 Å². The monoisotopic (exact) mass is 531 g/mol. The average Bonchev–Trinajstić information content (AvgIpc) is 3.27. The van der Waals surface area contributed by atoms with E-state index in [1.54, 1.807) is 52.0 Å². The average molecular weight is 532 g/mol. The number of carboxylic acids is 1. The molecule has 0 spiro atoms. The van der Waals surface area contributed by atoms with E-state index in [4.69, 9.17) is 23.2 Å². The molecule has 0 bridgehead atoms. The van der Waals surface area contributed by atoms with E-state index in [0.717, 1.165) is 5.56 Å². The number of carbonyl (C=O) groups excluding carboxylic acids is 1. The first-order chi connectivity index (χ1) is 17.9. The van der Waals surface area contributed by atoms with Gasteiger partial charge in [0.25, 0.3) is 5.91 Å². The molecule has 3 aromatic carbocycles. The number of rotatable bonds is 6. The van der Waals surface area contributed by atoms with Crippen molar-refractivity contribution in [3.8, 4) is 16.9 Å². The van der Waals surface area contributed by atoms with Gasteiger partial charge < -0.3 is 10.0 Å². The zero-order valence-electron chi connectivity index (χ0n) is 19.8. The lowest BCUT2D eigenvalue weighted by atomic mass is 9.98. The minimum atomic E-state index is -1.06. The summed E-state index contributed by atoms with van der Waals surface area (Å²) in [5.41, 5.74) is 4.46. The highest BCUT2D eigenvalue weighted by atomic mass is 35.5. The molecule has 1 amide bonds. The molecule has 6 nitrogen and oxygen atoms in total. The molecule has 0 atom stereocenters. The van der Waals surface area contributed by atoms with Crippen LogP contribution in [0.2, 0.25) is 10.0 Å². The number of halogens is 2. The Morgan fingerprint density at radius 1 is 0.892 bits per heavy atom. The smallest absolute Gasteiger partial charge is 0.307 e. The van der Waals surface area contributed by atoms with Crippen LogP contribution in [-0.4, -0.2) is 44.8 Å². The molecular formula is C29H23Cl2N3O3. The molecule has 37 heavy (non-hydrogen) atoms. The number of hydrogen-bond acceptors (Lipinski definition) is 3. The predicted octanol–water partition coefficient (Wildman–Crippen LogP) is 6.40. The van der Waals surface area contributed by atoms with Crippen LogP contribution in [0.4, 0.5) is 0 Å². The van der Waals surface area contributed by atoms with Crippen LogP contribution < -0.4 is 0 Å². The molecule has 186 valence electrons. The standard InChI is InChI=1S/C29H23Cl2N3O3/c30-22-12-10-21(11-13-22)28-23(18-26(35)36)27(32-34(28)25-9-5-4-8-24(25)31)29(37)33-16-14-20(15-17-33)19-6-2-1-3-7-19/h1-14H,15-18H2,(H,35,36). The molecule has 5 rings (SSSR count). The van der Waals surface area contributed by atoms with Crippen molar-refractivity contribution >= 4 is 40.7 Å². The molecule has 0 aliphatic carbocycles. The Hall–Kier alpha value is -3.87. The maximum atomic E-state index is 13.8. The minimum Gasteiger partial charge on any atom is -0.481 e. The van der Waals surface area contributed by atoms with Crippen LogP contribution in [0.5, 0.6) is 0 Å². The Kier molecular flexibility index (Phi) is 7.12. The van der Waals surface area contributed by atoms with E-state index >= 15 is 0 Å². The van der Waals surface area contributed by atoms with Crippen molar-refractivity contribution < 1.29 is 14.7 Å². The SMILES string of the molecule is O=C(O)Cc1c(C(=O)N2CC=C(c3ccccc3)CC2)nn(-c2ccccc2Cl)c1-c1ccc(Cl)cc1. The fourth-order valence-electron chi connectivity index (χ4n) is 4.56. The number of amides is 1. The van der Waals surface area contributed by atoms with Gasteiger partial charge in [-0.05, 0) is 41.8 Å². The summed E-state index contributed by atoms with van der Waals surface area (Å²) in [6.07, 6.45) is 2.36. The van der Waals surface area contributed by atoms with E-state index in [2.05, 4.69) is 17.2 Å². The molecular weight excluding hydrogens is 509 g/mol. The van der Waals surface area contributed by atoms with Crippen LogP contribution in [0.3, 0.4) is 0 Å². The number of para-hydroxylation sites is 1. The fraction of sp³-hybridized carbons (Fsp3) is 0.138. The van der Waals surface area contributed by atoms with Gasteiger partial charge in [0, 0.05) is 29.2 Å². The van der Waals surface area contributed by atoms with Gasteiger partial charge in [-0.2, -0.15) is 5.10 Å². The van der Waals surface area contributed by atoms with Gasteiger partial charge >= 0.3 is 5.97 Å². The number of aromatic nitrogens is 2. The van der Waals surface area contributed by atoms with Crippen molar-refractivity contribution in [1.82, 2.24) is 14.7 Å². The van der Waals surface area contributed by atoms with Crippen molar-refractivity contribution in [2.75, 3.05) is 13.1 Å². The van der Waals surface area contributed by atoms with Crippen LogP contribution in [0.25, 0.3) is 22.5 Å². The summed E-state index contributed by atoms with van der Waals surface area (Å²) < 4.78 is 1.56. The first-order valence-corrected chi connectivity index (χ1v) is 12.6. The van der Waals surface area contributed by atoms with E-state index in [-0.39, 0.29) is 18.0 Å². The highest BCUT2D eigenvalue weighted by Gasteiger charge is 2.30. The van der Waals surface area contributed by atoms with Crippen molar-refractivity contribution in [3.05, 3.63) is 112 Å². The Bertz CT molecular complexity index is 1490. The van der Waals surface area contributed by atoms with Gasteiger partial charge in [0.05, 0.1) is 22.8 Å². The lowest BCUT2D eigenvalue weighted by Crippen LogP contribution is -2.35. The zero-order chi connectivity index (χ0) is 25.9. The number of nitrogens with zero attached hydrogens (tertiary/aromatic N) is 3. The van der Waals surface area contributed by atoms with Gasteiger partial charge in [0.15, 0.2) is 5.69 Å². The fourth-order valence-corrected chi connectivity index (χ4v) is 4.90. The summed E-state index contributed by atoms with van der Waals surface area (Å²) in [7, 11) is 0. The zero-order valence-corrected chi connectivity index (χ0v) is 21.3. The minimum absolute atomic E-state index is 0.101. The van der Waals surface area contributed by atoms with E-state index < -0.39 is 5.97 Å². The lowest BCUT2D eigenvalue weighted by molar-refractivity contribution is -0.136. The number of benzene rings is 3. The van der Waals surface area contributed by atoms with Crippen molar-refractivity contribution in [2.45, 2.75) is 12.8 Å². The van der Waals surface area contributed by atoms with Crippen LogP contribution >= 0.6 is 23.2 Å². The van der Waals surface area contributed by atoms with Gasteiger partial charge in [-0.15, -0.1) is 0 Å². The van der Waals surface area contributed by atoms with Crippen LogP contribution in [-0.2, 0) is 11.2 Å². The second-order valence-electron chi connectivity index (χ2n) is 8.71. The molecule has 0 saturated heterocycles. The van der Waals surface area contributed by atoms with Crippen LogP contribution in [0.15, 0.2) is 84.9 Å². The Morgan fingerprint density at radius 3 is 2.24 bits per heavy atom. The van der Waals surface area contributed by atoms with Gasteiger partial charge in [-0.3, -0.25) is 9.59 Å². The molecule has 2 heterocycles. The summed E-state index contributed by atoms with van der Waals surface area (Å²) in [5, 5.41) is 15.4. The Labute approximate surface area is 224 Å². The number of aliphatic carboxylic acids is 1. The molecule has 1 aromatic heterocycles. The molecule has 1 aliphatic rings. The molecule has 0 saturated carbocycles. The van der Waals surface area contributed by atoms with Crippen molar-refractivity contribution in [3.63, 3.8) is 0 Å². The Balaban J connectivity index is 1.60. The van der Waals surface area contributed by atoms with E-state index in [9.17, 15) is 14.7 Å². The second-order valence-corrected chi connectivity index (χ2v) is 9.56. The number of carbonyl (C=O) groups is 2. The van der Waals surface area contributed by atoms with E-state index in [1.807, 2.05) is 30.3 Å². The van der Waals surface area contributed by atoms with Gasteiger partial charge in [0.2, 0.25) is 0 Å². The predicted molar refractivity (Wildman–Crippen MR) is 145 cm³/mol. The third-order valence-corrected chi connectivity index (χ3v) is 6.92. The Morgan fingerprint density at radius 2 is 1.59 bits per heavy atom. The van der Waals surface area contributed by atoms with E-state index in [0.29, 0.717) is 52.1 Å². The van der Waals surface area contributed by atoms with E-state index in [1.165, 1.54) is 5.57 Å². The summed E-state index contributed by atoms with van der Waals surface area (Å²) in [5.74, 6) is -1.38. The molecule has 4 aromatic rings. The molecule has 1 N–H and O–H groups in total. The number of hydrogen-bond donors (Lipinski definition) is 1. The second kappa shape index (κ2) is 10.6. The maximum Gasteiger partial charge on any atom is 0.307 e. The summed E-state index contributed by atoms with van der Waals surface area (Å²) in [4.78, 5) is 27.4. The van der Waals surface area contributed by atoms with Crippen LogP contribution in [0, 0.1) is 0 Å². The highest BCUT2D eigenvalue weighted by Crippen LogP contribution is 2.34. The van der Waals surface area contributed by atoms with Gasteiger partial charge in [0.1, 0.15) is 0 Å². The summed E-state index contributed by atoms with van der Waals surface area (Å²) in [6.45, 7) is 0.909. The summed E-state index contributed by atoms with van der Waals surface area (Å²) >= 11 is 12.6. The van der Waals surface area contributed by atoms with Crippen molar-refractivity contribution in [1.29, 1.82) is 0 Å². The molecule has 0 unspecified atom stereocenters. The quantitative estimate of drug-likeness (QED) is 0.312. The first-order valence-electron chi connectivity index (χ1n) is 11.8. The third kappa shape index (κ3) is 5.17. The highest BCUT2D eigenvalue weighted by molar-refractivity contribution is 6.32. The summed E-state index contributed by atoms with van der Waals surface area (Å²) in [6, 6.07) is 24.2.